The van der Waals surface area contributed by atoms with Gasteiger partial charge in [-0.25, -0.2) is 4.98 Å². The van der Waals surface area contributed by atoms with Crippen LogP contribution in [0.15, 0.2) is 36.5 Å². The summed E-state index contributed by atoms with van der Waals surface area (Å²) in [5, 5.41) is 3.29. The first kappa shape index (κ1) is 15.2. The normalized spacial score (nSPS) is 11.2. The van der Waals surface area contributed by atoms with Crippen molar-refractivity contribution >= 4 is 11.5 Å². The van der Waals surface area contributed by atoms with Crippen LogP contribution in [-0.4, -0.2) is 12.1 Å². The van der Waals surface area contributed by atoms with Crippen LogP contribution in [-0.2, 0) is 12.0 Å². The van der Waals surface area contributed by atoms with Gasteiger partial charge in [-0.1, -0.05) is 26.8 Å². The molecule has 0 saturated carbocycles. The molecular formula is C17H23N3O. The van der Waals surface area contributed by atoms with Gasteiger partial charge in [0.15, 0.2) is 0 Å². The molecule has 4 heteroatoms. The van der Waals surface area contributed by atoms with Crippen LogP contribution in [0.25, 0.3) is 0 Å². The molecule has 0 amide bonds. The summed E-state index contributed by atoms with van der Waals surface area (Å²) in [6.45, 7) is 7.15. The largest absolute Gasteiger partial charge is 0.496 e. The number of anilines is 2. The zero-order valence-electron chi connectivity index (χ0n) is 13.1. The van der Waals surface area contributed by atoms with Gasteiger partial charge in [-0.2, -0.15) is 0 Å². The minimum atomic E-state index is 0.114. The van der Waals surface area contributed by atoms with Gasteiger partial charge in [0.05, 0.1) is 7.11 Å². The van der Waals surface area contributed by atoms with E-state index < -0.39 is 0 Å². The fraction of sp³-hybridized carbons (Fsp3) is 0.353. The summed E-state index contributed by atoms with van der Waals surface area (Å²) in [4.78, 5) is 4.45. The molecule has 0 atom stereocenters. The Balaban J connectivity index is 2.08. The quantitative estimate of drug-likeness (QED) is 0.843. The molecule has 1 aromatic carbocycles. The number of nitrogens with one attached hydrogen (secondary N) is 1. The maximum absolute atomic E-state index is 5.82. The Labute approximate surface area is 126 Å². The number of hydrogen-bond donors (Lipinski definition) is 2. The van der Waals surface area contributed by atoms with Gasteiger partial charge >= 0.3 is 0 Å². The summed E-state index contributed by atoms with van der Waals surface area (Å²) >= 11 is 0. The molecule has 2 rings (SSSR count). The molecule has 1 aromatic heterocycles. The molecule has 0 fully saturated rings. The molecule has 3 N–H and O–H groups in total. The predicted molar refractivity (Wildman–Crippen MR) is 87.7 cm³/mol. The zero-order chi connectivity index (χ0) is 15.5. The Morgan fingerprint density at radius 2 is 1.95 bits per heavy atom. The molecular weight excluding hydrogens is 262 g/mol. The lowest BCUT2D eigenvalue weighted by Crippen LogP contribution is -2.12. The average Bonchev–Trinajstić information content (AvgIpc) is 2.45. The van der Waals surface area contributed by atoms with Crippen LogP contribution >= 0.6 is 0 Å². The molecule has 4 nitrogen and oxygen atoms in total. The maximum atomic E-state index is 5.82. The Bertz CT molecular complexity index is 600. The van der Waals surface area contributed by atoms with Gasteiger partial charge in [0.25, 0.3) is 0 Å². The fourth-order valence-electron chi connectivity index (χ4n) is 2.06. The number of rotatable bonds is 4. The molecule has 21 heavy (non-hydrogen) atoms. The number of nitrogen functional groups attached to an aromatic ring is 1. The van der Waals surface area contributed by atoms with E-state index in [9.17, 15) is 0 Å². The summed E-state index contributed by atoms with van der Waals surface area (Å²) in [6, 6.07) is 9.72. The summed E-state index contributed by atoms with van der Waals surface area (Å²) in [6.07, 6.45) is 1.92. The highest BCUT2D eigenvalue weighted by Gasteiger charge is 2.13. The zero-order valence-corrected chi connectivity index (χ0v) is 13.1. The lowest BCUT2D eigenvalue weighted by molar-refractivity contribution is 0.410. The number of benzene rings is 1. The number of hydrogen-bond acceptors (Lipinski definition) is 4. The minimum absolute atomic E-state index is 0.114. The lowest BCUT2D eigenvalue weighted by atomic mass is 9.88. The smallest absolute Gasteiger partial charge is 0.126 e. The fourth-order valence-corrected chi connectivity index (χ4v) is 2.06. The molecule has 0 aliphatic rings. The second-order valence-electron chi connectivity index (χ2n) is 6.11. The van der Waals surface area contributed by atoms with Crippen LogP contribution in [0.4, 0.5) is 11.5 Å². The third kappa shape index (κ3) is 3.88. The van der Waals surface area contributed by atoms with Crippen molar-refractivity contribution in [3.63, 3.8) is 0 Å². The third-order valence-corrected chi connectivity index (χ3v) is 3.39. The van der Waals surface area contributed by atoms with E-state index in [0.29, 0.717) is 6.54 Å². The number of methoxy groups -OCH3 is 1. The van der Waals surface area contributed by atoms with Crippen molar-refractivity contribution in [2.75, 3.05) is 18.2 Å². The molecule has 0 bridgehead atoms. The van der Waals surface area contributed by atoms with E-state index in [1.165, 1.54) is 5.56 Å². The van der Waals surface area contributed by atoms with Crippen LogP contribution in [0.5, 0.6) is 5.75 Å². The van der Waals surface area contributed by atoms with E-state index in [0.717, 1.165) is 22.8 Å². The predicted octanol–water partition coefficient (Wildman–Crippen LogP) is 3.58. The molecule has 0 aliphatic carbocycles. The van der Waals surface area contributed by atoms with Crippen molar-refractivity contribution < 1.29 is 4.74 Å². The van der Waals surface area contributed by atoms with E-state index in [-0.39, 0.29) is 5.41 Å². The number of ether oxygens (including phenoxy) is 1. The van der Waals surface area contributed by atoms with E-state index in [1.807, 2.05) is 30.5 Å². The molecule has 0 saturated heterocycles. The molecule has 0 radical (unpaired) electrons. The second-order valence-corrected chi connectivity index (χ2v) is 6.11. The van der Waals surface area contributed by atoms with Gasteiger partial charge in [-0.3, -0.25) is 0 Å². The number of aromatic nitrogens is 1. The van der Waals surface area contributed by atoms with Gasteiger partial charge in [0, 0.05) is 24.0 Å². The van der Waals surface area contributed by atoms with Crippen molar-refractivity contribution in [1.29, 1.82) is 0 Å². The summed E-state index contributed by atoms with van der Waals surface area (Å²) in [5.74, 6) is 1.66. The number of nitrogens with two attached hydrogens (primary N) is 1. The van der Waals surface area contributed by atoms with Gasteiger partial charge in [0.2, 0.25) is 0 Å². The van der Waals surface area contributed by atoms with E-state index in [4.69, 9.17) is 10.5 Å². The van der Waals surface area contributed by atoms with Crippen LogP contribution < -0.4 is 15.8 Å². The van der Waals surface area contributed by atoms with E-state index in [2.05, 4.69) is 37.1 Å². The molecule has 0 aliphatic heterocycles. The Kier molecular flexibility index (Phi) is 4.36. The van der Waals surface area contributed by atoms with Crippen molar-refractivity contribution in [2.24, 2.45) is 0 Å². The highest BCUT2D eigenvalue weighted by molar-refractivity contribution is 5.49. The Hall–Kier alpha value is -2.23. The number of nitrogens with zero attached hydrogens (tertiary/aromatic N) is 1. The van der Waals surface area contributed by atoms with Crippen molar-refractivity contribution in [3.8, 4) is 5.75 Å². The Morgan fingerprint density at radius 1 is 1.19 bits per heavy atom. The maximum Gasteiger partial charge on any atom is 0.126 e. The first-order chi connectivity index (χ1) is 9.90. The van der Waals surface area contributed by atoms with Crippen molar-refractivity contribution in [2.45, 2.75) is 32.7 Å². The SMILES string of the molecule is COc1ccc(N)cc1CNc1ccc(C(C)(C)C)cn1. The third-order valence-electron chi connectivity index (χ3n) is 3.39. The topological polar surface area (TPSA) is 60.2 Å². The van der Waals surface area contributed by atoms with Gasteiger partial charge < -0.3 is 15.8 Å². The second kappa shape index (κ2) is 6.04. The Morgan fingerprint density at radius 3 is 2.52 bits per heavy atom. The van der Waals surface area contributed by atoms with Crippen LogP contribution in [0.2, 0.25) is 0 Å². The molecule has 1 heterocycles. The lowest BCUT2D eigenvalue weighted by Gasteiger charge is -2.18. The molecule has 0 spiro atoms. The summed E-state index contributed by atoms with van der Waals surface area (Å²) < 4.78 is 5.34. The molecule has 2 aromatic rings. The van der Waals surface area contributed by atoms with Crippen LogP contribution in [0.3, 0.4) is 0 Å². The first-order valence-electron chi connectivity index (χ1n) is 7.03. The van der Waals surface area contributed by atoms with Gasteiger partial charge in [-0.05, 0) is 35.2 Å². The molecule has 112 valence electrons. The highest BCUT2D eigenvalue weighted by Crippen LogP contribution is 2.24. The van der Waals surface area contributed by atoms with Crippen LogP contribution in [0.1, 0.15) is 31.9 Å². The minimum Gasteiger partial charge on any atom is -0.496 e. The average molecular weight is 285 g/mol. The van der Waals surface area contributed by atoms with E-state index in [1.54, 1.807) is 7.11 Å². The highest BCUT2D eigenvalue weighted by atomic mass is 16.5. The first-order valence-corrected chi connectivity index (χ1v) is 7.03. The van der Waals surface area contributed by atoms with Gasteiger partial charge in [0.1, 0.15) is 11.6 Å². The summed E-state index contributed by atoms with van der Waals surface area (Å²) in [7, 11) is 1.66. The molecule has 0 unspecified atom stereocenters. The van der Waals surface area contributed by atoms with Crippen molar-refractivity contribution in [3.05, 3.63) is 47.7 Å². The summed E-state index contributed by atoms with van der Waals surface area (Å²) in [5.41, 5.74) is 8.89. The van der Waals surface area contributed by atoms with Crippen LogP contribution in [0, 0.1) is 0 Å². The monoisotopic (exact) mass is 285 g/mol. The number of pyridine rings is 1. The van der Waals surface area contributed by atoms with Gasteiger partial charge in [-0.15, -0.1) is 0 Å². The van der Waals surface area contributed by atoms with Crippen molar-refractivity contribution in [1.82, 2.24) is 4.98 Å². The standard InChI is InChI=1S/C17H23N3O/c1-17(2,3)13-5-8-16(20-11-13)19-10-12-9-14(18)6-7-15(12)21-4/h5-9,11H,10,18H2,1-4H3,(H,19,20). The van der Waals surface area contributed by atoms with E-state index >= 15 is 0 Å².